The monoisotopic (exact) mass is 444 g/mol. The van der Waals surface area contributed by atoms with E-state index < -0.39 is 38.5 Å². The molecule has 10 heteroatoms. The average molecular weight is 445 g/mol. The van der Waals surface area contributed by atoms with Crippen molar-refractivity contribution in [1.82, 2.24) is 4.72 Å². The molecule has 158 valence electrons. The molecule has 0 saturated carbocycles. The van der Waals surface area contributed by atoms with E-state index in [-0.39, 0.29) is 36.9 Å². The fourth-order valence-electron chi connectivity index (χ4n) is 2.97. The van der Waals surface area contributed by atoms with Gasteiger partial charge in [-0.25, -0.2) is 21.9 Å². The molecule has 1 fully saturated rings. The number of sulfonamides is 1. The molecule has 0 radical (unpaired) electrons. The highest BCUT2D eigenvalue weighted by Crippen LogP contribution is 2.24. The Morgan fingerprint density at radius 1 is 1.14 bits per heavy atom. The molecule has 1 aliphatic heterocycles. The second-order valence-corrected chi connectivity index (χ2v) is 8.35. The lowest BCUT2D eigenvalue weighted by Crippen LogP contribution is -2.35. The van der Waals surface area contributed by atoms with Gasteiger partial charge < -0.3 is 10.1 Å². The van der Waals surface area contributed by atoms with Gasteiger partial charge in [-0.15, -0.1) is 0 Å². The van der Waals surface area contributed by atoms with E-state index in [1.807, 2.05) is 0 Å². The Bertz CT molecular complexity index is 1020. The number of aryl methyl sites for hydroxylation is 2. The molecule has 0 aromatic heterocycles. The number of rotatable bonds is 5. The van der Waals surface area contributed by atoms with Crippen molar-refractivity contribution in [2.75, 3.05) is 18.5 Å². The summed E-state index contributed by atoms with van der Waals surface area (Å²) in [4.78, 5) is 12.0. The zero-order valence-electron chi connectivity index (χ0n) is 15.9. The van der Waals surface area contributed by atoms with Gasteiger partial charge in [-0.1, -0.05) is 6.07 Å². The van der Waals surface area contributed by atoms with Crippen molar-refractivity contribution >= 4 is 35.1 Å². The van der Waals surface area contributed by atoms with Crippen molar-refractivity contribution in [2.24, 2.45) is 0 Å². The minimum Gasteiger partial charge on any atom is -0.380 e. The second-order valence-electron chi connectivity index (χ2n) is 6.67. The predicted octanol–water partition coefficient (Wildman–Crippen LogP) is 3.01. The molecule has 2 aromatic rings. The Balaban J connectivity index is 0.00000300. The van der Waals surface area contributed by atoms with Crippen LogP contribution in [0.1, 0.15) is 27.9 Å². The molecule has 1 saturated heterocycles. The first kappa shape index (κ1) is 23.3. The molecule has 0 spiro atoms. The summed E-state index contributed by atoms with van der Waals surface area (Å²) in [6, 6.07) is 5.99. The summed E-state index contributed by atoms with van der Waals surface area (Å²) in [5.41, 5.74) is 0.482. The molecule has 29 heavy (non-hydrogen) atoms. The van der Waals surface area contributed by atoms with Gasteiger partial charge in [0.05, 0.1) is 12.2 Å². The summed E-state index contributed by atoms with van der Waals surface area (Å²) in [5, 5.41) is 2.48. The number of carbonyl (C=O) groups excluding carboxylic acids is 1. The van der Waals surface area contributed by atoms with E-state index >= 15 is 4.39 Å². The number of anilines is 1. The van der Waals surface area contributed by atoms with Gasteiger partial charge in [-0.3, -0.25) is 4.79 Å². The SMILES string of the molecule is Cc1cc(NC(=O)c2c(C)ccc(S(=O)(=O)N[C@H]3CCOC3)c2F)ccc1F.S. The van der Waals surface area contributed by atoms with Crippen LogP contribution in [0.5, 0.6) is 0 Å². The topological polar surface area (TPSA) is 84.5 Å². The second kappa shape index (κ2) is 9.21. The molecule has 2 aromatic carbocycles. The normalized spacial score (nSPS) is 16.3. The maximum atomic E-state index is 15.0. The molecular formula is C19H22F2N2O4S2. The number of nitrogens with one attached hydrogen (secondary N) is 2. The molecule has 6 nitrogen and oxygen atoms in total. The number of hydrogen-bond donors (Lipinski definition) is 2. The molecule has 1 heterocycles. The lowest BCUT2D eigenvalue weighted by molar-refractivity contribution is 0.102. The van der Waals surface area contributed by atoms with E-state index in [1.54, 1.807) is 0 Å². The number of halogens is 2. The average Bonchev–Trinajstić information content (AvgIpc) is 3.10. The van der Waals surface area contributed by atoms with Gasteiger partial charge in [0.2, 0.25) is 10.0 Å². The third kappa shape index (κ3) is 5.13. The van der Waals surface area contributed by atoms with Crippen molar-refractivity contribution in [2.45, 2.75) is 31.2 Å². The molecule has 1 amide bonds. The van der Waals surface area contributed by atoms with Crippen LogP contribution in [0.3, 0.4) is 0 Å². The van der Waals surface area contributed by atoms with Crippen LogP contribution in [0.15, 0.2) is 35.2 Å². The van der Waals surface area contributed by atoms with E-state index in [0.29, 0.717) is 18.6 Å². The van der Waals surface area contributed by atoms with Crippen molar-refractivity contribution in [3.05, 3.63) is 58.7 Å². The smallest absolute Gasteiger partial charge is 0.258 e. The van der Waals surface area contributed by atoms with Crippen molar-refractivity contribution < 1.29 is 26.7 Å². The summed E-state index contributed by atoms with van der Waals surface area (Å²) in [5.74, 6) is -2.39. The van der Waals surface area contributed by atoms with Crippen LogP contribution in [0.4, 0.5) is 14.5 Å². The number of ether oxygens (including phenoxy) is 1. The number of amides is 1. The summed E-state index contributed by atoms with van der Waals surface area (Å²) in [6.45, 7) is 3.67. The van der Waals surface area contributed by atoms with Crippen LogP contribution in [-0.4, -0.2) is 33.6 Å². The maximum Gasteiger partial charge on any atom is 0.258 e. The summed E-state index contributed by atoms with van der Waals surface area (Å²) in [6.07, 6.45) is 0.490. The largest absolute Gasteiger partial charge is 0.380 e. The quantitative estimate of drug-likeness (QED) is 0.743. The first-order chi connectivity index (χ1) is 13.2. The number of hydrogen-bond acceptors (Lipinski definition) is 4. The zero-order valence-corrected chi connectivity index (χ0v) is 17.7. The Morgan fingerprint density at radius 3 is 2.48 bits per heavy atom. The Hall–Kier alpha value is -2.01. The maximum absolute atomic E-state index is 15.0. The molecule has 0 unspecified atom stereocenters. The van der Waals surface area contributed by atoms with Gasteiger partial charge in [-0.2, -0.15) is 13.5 Å². The molecular weight excluding hydrogens is 422 g/mol. The van der Waals surface area contributed by atoms with E-state index in [2.05, 4.69) is 10.0 Å². The first-order valence-electron chi connectivity index (χ1n) is 8.65. The standard InChI is InChI=1S/C19H20F2N2O4S.H2S/c1-11-3-6-16(28(25,26)23-14-7-8-27-10-14)18(21)17(11)19(24)22-13-4-5-15(20)12(2)9-13;/h3-6,9,14,23H,7-8,10H2,1-2H3,(H,22,24);1H2/t14-;/m0./s1. The summed E-state index contributed by atoms with van der Waals surface area (Å²) < 4.78 is 61.0. The first-order valence-corrected chi connectivity index (χ1v) is 10.1. The van der Waals surface area contributed by atoms with Crippen LogP contribution < -0.4 is 10.0 Å². The highest BCUT2D eigenvalue weighted by Gasteiger charge is 2.29. The highest BCUT2D eigenvalue weighted by molar-refractivity contribution is 7.89. The van der Waals surface area contributed by atoms with E-state index in [1.165, 1.54) is 38.1 Å². The van der Waals surface area contributed by atoms with Gasteiger partial charge in [0.1, 0.15) is 10.7 Å². The predicted molar refractivity (Wildman–Crippen MR) is 110 cm³/mol. The van der Waals surface area contributed by atoms with Crippen LogP contribution in [0.2, 0.25) is 0 Å². The van der Waals surface area contributed by atoms with Gasteiger partial charge >= 0.3 is 0 Å². The van der Waals surface area contributed by atoms with E-state index in [9.17, 15) is 17.6 Å². The lowest BCUT2D eigenvalue weighted by Gasteiger charge is -2.15. The minimum absolute atomic E-state index is 0. The fraction of sp³-hybridized carbons (Fsp3) is 0.316. The minimum atomic E-state index is -4.17. The van der Waals surface area contributed by atoms with Crippen LogP contribution in [0.25, 0.3) is 0 Å². The van der Waals surface area contributed by atoms with Crippen LogP contribution >= 0.6 is 13.5 Å². The third-order valence-corrected chi connectivity index (χ3v) is 6.04. The zero-order chi connectivity index (χ0) is 20.5. The molecule has 1 atom stereocenters. The molecule has 0 aliphatic carbocycles. The molecule has 2 N–H and O–H groups in total. The fourth-order valence-corrected chi connectivity index (χ4v) is 4.30. The van der Waals surface area contributed by atoms with Gasteiger partial charge in [0, 0.05) is 18.3 Å². The molecule has 1 aliphatic rings. The van der Waals surface area contributed by atoms with Gasteiger partial charge in [0.15, 0.2) is 5.82 Å². The van der Waals surface area contributed by atoms with Gasteiger partial charge in [-0.05, 0) is 55.7 Å². The Morgan fingerprint density at radius 2 is 1.86 bits per heavy atom. The third-order valence-electron chi connectivity index (χ3n) is 4.50. The van der Waals surface area contributed by atoms with Crippen LogP contribution in [0, 0.1) is 25.5 Å². The highest BCUT2D eigenvalue weighted by atomic mass is 32.2. The summed E-state index contributed by atoms with van der Waals surface area (Å²) in [7, 11) is -4.17. The van der Waals surface area contributed by atoms with Gasteiger partial charge in [0.25, 0.3) is 5.91 Å². The number of carbonyl (C=O) groups is 1. The van der Waals surface area contributed by atoms with E-state index in [4.69, 9.17) is 4.74 Å². The van der Waals surface area contributed by atoms with E-state index in [0.717, 1.165) is 6.07 Å². The molecule has 0 bridgehead atoms. The molecule has 3 rings (SSSR count). The van der Waals surface area contributed by atoms with Crippen molar-refractivity contribution in [1.29, 1.82) is 0 Å². The summed E-state index contributed by atoms with van der Waals surface area (Å²) >= 11 is 0. The van der Waals surface area contributed by atoms with Crippen molar-refractivity contribution in [3.8, 4) is 0 Å². The number of benzene rings is 2. The lowest BCUT2D eigenvalue weighted by atomic mass is 10.1. The Kier molecular flexibility index (Phi) is 7.39. The van der Waals surface area contributed by atoms with Crippen molar-refractivity contribution in [3.63, 3.8) is 0 Å². The van der Waals surface area contributed by atoms with Crippen LogP contribution in [-0.2, 0) is 14.8 Å². The Labute approximate surface area is 175 Å².